The van der Waals surface area contributed by atoms with E-state index in [-0.39, 0.29) is 17.4 Å². The van der Waals surface area contributed by atoms with Gasteiger partial charge in [0.25, 0.3) is 0 Å². The first-order chi connectivity index (χ1) is 12.8. The lowest BCUT2D eigenvalue weighted by atomic mass is 10.2. The summed E-state index contributed by atoms with van der Waals surface area (Å²) in [6.07, 6.45) is 4.26. The number of carbonyl (C=O) groups excluding carboxylic acids is 1. The maximum atomic E-state index is 12.9. The van der Waals surface area contributed by atoms with Gasteiger partial charge in [0.15, 0.2) is 0 Å². The van der Waals surface area contributed by atoms with Crippen LogP contribution in [0.5, 0.6) is 0 Å². The highest BCUT2D eigenvalue weighted by atomic mass is 19.1. The molecule has 1 atom stereocenters. The topological polar surface area (TPSA) is 108 Å². The molecular weight excluding hydrogens is 355 g/mol. The van der Waals surface area contributed by atoms with E-state index in [1.165, 1.54) is 29.9 Å². The minimum atomic E-state index is -0.737. The second-order valence-corrected chi connectivity index (χ2v) is 6.04. The van der Waals surface area contributed by atoms with Gasteiger partial charge in [-0.15, -0.1) is 0 Å². The van der Waals surface area contributed by atoms with Crippen LogP contribution in [-0.2, 0) is 11.3 Å². The Kier molecular flexibility index (Phi) is 4.97. The number of nitrogens with zero attached hydrogens (tertiary/aromatic N) is 5. The maximum absolute atomic E-state index is 12.9. The zero-order chi connectivity index (χ0) is 19.6. The first-order valence-electron chi connectivity index (χ1n) is 8.11. The van der Waals surface area contributed by atoms with Crippen molar-refractivity contribution in [2.75, 3.05) is 5.32 Å². The van der Waals surface area contributed by atoms with Crippen LogP contribution in [-0.4, -0.2) is 30.4 Å². The molecular formula is C17H17FN6O3. The minimum absolute atomic E-state index is 0.137. The average Bonchev–Trinajstić information content (AvgIpc) is 3.22. The highest BCUT2D eigenvalue weighted by molar-refractivity contribution is 5.93. The molecule has 0 aliphatic rings. The lowest BCUT2D eigenvalue weighted by molar-refractivity contribution is -0.385. The molecule has 1 unspecified atom stereocenters. The molecule has 3 rings (SSSR count). The number of hydrogen-bond donors (Lipinski definition) is 1. The Morgan fingerprint density at radius 1 is 1.30 bits per heavy atom. The van der Waals surface area contributed by atoms with Crippen LogP contribution in [0.4, 0.5) is 15.8 Å². The summed E-state index contributed by atoms with van der Waals surface area (Å²) in [5.74, 6) is -0.687. The van der Waals surface area contributed by atoms with E-state index in [0.29, 0.717) is 17.9 Å². The number of rotatable bonds is 6. The second-order valence-electron chi connectivity index (χ2n) is 6.04. The first-order valence-corrected chi connectivity index (χ1v) is 8.11. The number of anilines is 1. The smallest absolute Gasteiger partial charge is 0.309 e. The van der Waals surface area contributed by atoms with Gasteiger partial charge < -0.3 is 5.32 Å². The van der Waals surface area contributed by atoms with Crippen molar-refractivity contribution < 1.29 is 14.1 Å². The molecule has 1 N–H and O–H groups in total. The summed E-state index contributed by atoms with van der Waals surface area (Å²) >= 11 is 0. The monoisotopic (exact) mass is 372 g/mol. The number of benzene rings is 1. The lowest BCUT2D eigenvalue weighted by Crippen LogP contribution is -2.25. The van der Waals surface area contributed by atoms with Crippen molar-refractivity contribution in [3.05, 3.63) is 70.0 Å². The summed E-state index contributed by atoms with van der Waals surface area (Å²) in [5.41, 5.74) is 1.51. The summed E-state index contributed by atoms with van der Waals surface area (Å²) in [6.45, 7) is 3.56. The van der Waals surface area contributed by atoms with Gasteiger partial charge in [0.05, 0.1) is 23.4 Å². The van der Waals surface area contributed by atoms with Crippen LogP contribution >= 0.6 is 0 Å². The van der Waals surface area contributed by atoms with E-state index in [9.17, 15) is 19.3 Å². The van der Waals surface area contributed by atoms with Crippen LogP contribution in [0.2, 0.25) is 0 Å². The van der Waals surface area contributed by atoms with E-state index in [2.05, 4.69) is 15.5 Å². The molecule has 1 aromatic carbocycles. The van der Waals surface area contributed by atoms with Crippen LogP contribution in [0.1, 0.15) is 24.2 Å². The Morgan fingerprint density at radius 2 is 2.00 bits per heavy atom. The van der Waals surface area contributed by atoms with E-state index in [4.69, 9.17) is 0 Å². The molecule has 0 saturated carbocycles. The lowest BCUT2D eigenvalue weighted by Gasteiger charge is -2.13. The number of amides is 1. The van der Waals surface area contributed by atoms with Crippen LogP contribution < -0.4 is 5.32 Å². The third-order valence-corrected chi connectivity index (χ3v) is 4.12. The van der Waals surface area contributed by atoms with Crippen molar-refractivity contribution in [1.29, 1.82) is 0 Å². The molecule has 0 fully saturated rings. The zero-order valence-electron chi connectivity index (χ0n) is 14.7. The Bertz CT molecular complexity index is 979. The van der Waals surface area contributed by atoms with Crippen molar-refractivity contribution in [2.24, 2.45) is 0 Å². The fourth-order valence-electron chi connectivity index (χ4n) is 2.63. The highest BCUT2D eigenvalue weighted by Gasteiger charge is 2.24. The number of carbonyl (C=O) groups is 1. The summed E-state index contributed by atoms with van der Waals surface area (Å²) in [7, 11) is 0. The Morgan fingerprint density at radius 3 is 2.63 bits per heavy atom. The molecule has 2 aromatic heterocycles. The fourth-order valence-corrected chi connectivity index (χ4v) is 2.63. The molecule has 9 nitrogen and oxygen atoms in total. The van der Waals surface area contributed by atoms with Gasteiger partial charge in [0, 0.05) is 6.20 Å². The average molecular weight is 372 g/mol. The first kappa shape index (κ1) is 18.2. The van der Waals surface area contributed by atoms with Gasteiger partial charge in [0.2, 0.25) is 5.91 Å². The third kappa shape index (κ3) is 4.00. The van der Waals surface area contributed by atoms with Crippen LogP contribution in [0.25, 0.3) is 0 Å². The number of halogens is 1. The summed E-state index contributed by atoms with van der Waals surface area (Å²) < 4.78 is 15.9. The van der Waals surface area contributed by atoms with Gasteiger partial charge in [-0.2, -0.15) is 10.2 Å². The number of nitrogens with one attached hydrogen (secondary N) is 1. The van der Waals surface area contributed by atoms with Crippen molar-refractivity contribution in [3.8, 4) is 0 Å². The van der Waals surface area contributed by atoms with Crippen molar-refractivity contribution in [1.82, 2.24) is 19.6 Å². The molecule has 3 aromatic rings. The predicted molar refractivity (Wildman–Crippen MR) is 94.7 cm³/mol. The van der Waals surface area contributed by atoms with Crippen LogP contribution in [0, 0.1) is 22.9 Å². The molecule has 10 heteroatoms. The van der Waals surface area contributed by atoms with Gasteiger partial charge in [-0.3, -0.25) is 24.3 Å². The molecule has 1 amide bonds. The molecule has 0 saturated heterocycles. The third-order valence-electron chi connectivity index (χ3n) is 4.12. The zero-order valence-corrected chi connectivity index (χ0v) is 14.7. The SMILES string of the molecule is Cc1c([N+](=O)[O-])cnn1C(C)C(=O)Nc1cnn(Cc2ccc(F)cc2)c1. The summed E-state index contributed by atoms with van der Waals surface area (Å²) in [6, 6.07) is 5.32. The van der Waals surface area contributed by atoms with E-state index >= 15 is 0 Å². The Labute approximate surface area is 153 Å². The molecule has 140 valence electrons. The Hall–Kier alpha value is -3.56. The Balaban J connectivity index is 1.66. The molecule has 0 spiro atoms. The molecule has 0 aliphatic heterocycles. The molecule has 2 heterocycles. The largest absolute Gasteiger partial charge is 0.322 e. The van der Waals surface area contributed by atoms with Gasteiger partial charge in [-0.25, -0.2) is 4.39 Å². The fraction of sp³-hybridized carbons (Fsp3) is 0.235. The van der Waals surface area contributed by atoms with Gasteiger partial charge in [0.1, 0.15) is 23.7 Å². The molecule has 0 radical (unpaired) electrons. The van der Waals surface area contributed by atoms with Gasteiger partial charge in [-0.05, 0) is 31.5 Å². The number of aromatic nitrogens is 4. The van der Waals surface area contributed by atoms with Crippen LogP contribution in [0.3, 0.4) is 0 Å². The van der Waals surface area contributed by atoms with Crippen molar-refractivity contribution >= 4 is 17.3 Å². The highest BCUT2D eigenvalue weighted by Crippen LogP contribution is 2.21. The quantitative estimate of drug-likeness (QED) is 0.529. The van der Waals surface area contributed by atoms with Crippen molar-refractivity contribution in [3.63, 3.8) is 0 Å². The minimum Gasteiger partial charge on any atom is -0.322 e. The number of hydrogen-bond acceptors (Lipinski definition) is 5. The van der Waals surface area contributed by atoms with Gasteiger partial charge >= 0.3 is 5.69 Å². The normalized spacial score (nSPS) is 12.0. The molecule has 27 heavy (non-hydrogen) atoms. The van der Waals surface area contributed by atoms with E-state index in [1.54, 1.807) is 29.9 Å². The summed E-state index contributed by atoms with van der Waals surface area (Å²) in [5, 5.41) is 21.7. The molecule has 0 bridgehead atoms. The second kappa shape index (κ2) is 7.36. The van der Waals surface area contributed by atoms with Crippen LogP contribution in [0.15, 0.2) is 42.9 Å². The standard InChI is InChI=1S/C17H17FN6O3/c1-11-16(24(26)27)8-20-23(11)12(2)17(25)21-15-7-19-22(10-15)9-13-3-5-14(18)6-4-13/h3-8,10,12H,9H2,1-2H3,(H,21,25). The predicted octanol–water partition coefficient (Wildman–Crippen LogP) is 2.68. The maximum Gasteiger partial charge on any atom is 0.309 e. The van der Waals surface area contributed by atoms with Crippen molar-refractivity contribution in [2.45, 2.75) is 26.4 Å². The summed E-state index contributed by atoms with van der Waals surface area (Å²) in [4.78, 5) is 22.8. The van der Waals surface area contributed by atoms with E-state index < -0.39 is 11.0 Å². The van der Waals surface area contributed by atoms with Gasteiger partial charge in [-0.1, -0.05) is 12.1 Å². The number of nitro groups is 1. The molecule has 0 aliphatic carbocycles. The van der Waals surface area contributed by atoms with E-state index in [1.807, 2.05) is 0 Å². The van der Waals surface area contributed by atoms with E-state index in [0.717, 1.165) is 11.8 Å².